The first kappa shape index (κ1) is 13.9. The first-order valence-corrected chi connectivity index (χ1v) is 6.33. The number of phenolic OH excluding ortho intramolecular Hbond substituents is 1. The van der Waals surface area contributed by atoms with Crippen molar-refractivity contribution in [1.29, 1.82) is 0 Å². The predicted molar refractivity (Wildman–Crippen MR) is 76.6 cm³/mol. The van der Waals surface area contributed by atoms with Crippen molar-refractivity contribution in [3.8, 4) is 5.75 Å². The summed E-state index contributed by atoms with van der Waals surface area (Å²) in [6, 6.07) is 10.6. The summed E-state index contributed by atoms with van der Waals surface area (Å²) in [5, 5.41) is 16.7. The predicted octanol–water partition coefficient (Wildman–Crippen LogP) is 1.41. The molecule has 0 atom stereocenters. The Balaban J connectivity index is 2.14. The number of carbonyl (C=O) groups is 2. The largest absolute Gasteiger partial charge is 0.506 e. The number of hydrogen-bond donors (Lipinski definition) is 3. The molecule has 0 unspecified atom stereocenters. The SMILES string of the molecule is CNC(=O)CCNC(=O)c1ccc2ccccc2c1O. The quantitative estimate of drug-likeness (QED) is 0.787. The van der Waals surface area contributed by atoms with Crippen molar-refractivity contribution in [2.24, 2.45) is 0 Å². The normalized spacial score (nSPS) is 10.2. The van der Waals surface area contributed by atoms with Gasteiger partial charge in [-0.25, -0.2) is 0 Å². The van der Waals surface area contributed by atoms with Crippen LogP contribution in [0.25, 0.3) is 10.8 Å². The molecule has 0 saturated heterocycles. The number of aromatic hydroxyl groups is 1. The zero-order valence-corrected chi connectivity index (χ0v) is 11.1. The Morgan fingerprint density at radius 2 is 1.90 bits per heavy atom. The fourth-order valence-electron chi connectivity index (χ4n) is 1.95. The minimum atomic E-state index is -0.392. The lowest BCUT2D eigenvalue weighted by atomic mass is 10.0. The van der Waals surface area contributed by atoms with Gasteiger partial charge >= 0.3 is 0 Å². The Bertz CT molecular complexity index is 653. The molecule has 0 saturated carbocycles. The summed E-state index contributed by atoms with van der Waals surface area (Å²) in [6.45, 7) is 0.227. The van der Waals surface area contributed by atoms with E-state index in [0.717, 1.165) is 5.39 Å². The molecule has 0 aliphatic heterocycles. The molecular formula is C15H16N2O3. The molecule has 2 aromatic carbocycles. The molecule has 0 bridgehead atoms. The average molecular weight is 272 g/mol. The topological polar surface area (TPSA) is 78.4 Å². The highest BCUT2D eigenvalue weighted by molar-refractivity contribution is 6.03. The Kier molecular flexibility index (Phi) is 4.20. The van der Waals surface area contributed by atoms with E-state index in [0.29, 0.717) is 5.39 Å². The van der Waals surface area contributed by atoms with Crippen molar-refractivity contribution in [1.82, 2.24) is 10.6 Å². The van der Waals surface area contributed by atoms with Crippen molar-refractivity contribution >= 4 is 22.6 Å². The monoisotopic (exact) mass is 272 g/mol. The van der Waals surface area contributed by atoms with E-state index in [2.05, 4.69) is 10.6 Å². The van der Waals surface area contributed by atoms with Gasteiger partial charge in [-0.2, -0.15) is 0 Å². The number of nitrogens with one attached hydrogen (secondary N) is 2. The summed E-state index contributed by atoms with van der Waals surface area (Å²) >= 11 is 0. The van der Waals surface area contributed by atoms with E-state index in [4.69, 9.17) is 0 Å². The van der Waals surface area contributed by atoms with Gasteiger partial charge in [-0.05, 0) is 11.5 Å². The van der Waals surface area contributed by atoms with Crippen LogP contribution in [-0.2, 0) is 4.79 Å². The first-order chi connectivity index (χ1) is 9.63. The zero-order chi connectivity index (χ0) is 14.5. The van der Waals surface area contributed by atoms with E-state index in [1.54, 1.807) is 31.3 Å². The molecule has 5 nitrogen and oxygen atoms in total. The molecule has 0 aromatic heterocycles. The number of carbonyl (C=O) groups excluding carboxylic acids is 2. The van der Waals surface area contributed by atoms with Crippen LogP contribution in [0.4, 0.5) is 0 Å². The first-order valence-electron chi connectivity index (χ1n) is 6.33. The molecule has 2 aromatic rings. The fourth-order valence-corrected chi connectivity index (χ4v) is 1.95. The van der Waals surface area contributed by atoms with Crippen LogP contribution in [0, 0.1) is 0 Å². The van der Waals surface area contributed by atoms with Gasteiger partial charge in [0.2, 0.25) is 5.91 Å². The van der Waals surface area contributed by atoms with Crippen LogP contribution >= 0.6 is 0 Å². The second-order valence-corrected chi connectivity index (χ2v) is 4.36. The highest BCUT2D eigenvalue weighted by Crippen LogP contribution is 2.28. The maximum atomic E-state index is 12.0. The molecule has 0 aliphatic rings. The van der Waals surface area contributed by atoms with Gasteiger partial charge in [0.15, 0.2) is 0 Å². The third-order valence-corrected chi connectivity index (χ3v) is 3.06. The molecule has 0 spiro atoms. The van der Waals surface area contributed by atoms with E-state index < -0.39 is 5.91 Å². The molecule has 3 N–H and O–H groups in total. The van der Waals surface area contributed by atoms with Gasteiger partial charge < -0.3 is 15.7 Å². The van der Waals surface area contributed by atoms with Crippen molar-refractivity contribution in [2.45, 2.75) is 6.42 Å². The Labute approximate surface area is 116 Å². The molecule has 2 rings (SSSR count). The van der Waals surface area contributed by atoms with Crippen LogP contribution < -0.4 is 10.6 Å². The van der Waals surface area contributed by atoms with Crippen molar-refractivity contribution in [3.05, 3.63) is 42.0 Å². The van der Waals surface area contributed by atoms with Gasteiger partial charge in [-0.3, -0.25) is 9.59 Å². The molecule has 5 heteroatoms. The summed E-state index contributed by atoms with van der Waals surface area (Å²) in [6.07, 6.45) is 0.205. The molecular weight excluding hydrogens is 256 g/mol. The lowest BCUT2D eigenvalue weighted by Gasteiger charge is -2.08. The van der Waals surface area contributed by atoms with E-state index >= 15 is 0 Å². The van der Waals surface area contributed by atoms with E-state index in [-0.39, 0.29) is 30.2 Å². The van der Waals surface area contributed by atoms with Crippen LogP contribution in [0.1, 0.15) is 16.8 Å². The number of benzene rings is 2. The minimum absolute atomic E-state index is 0.0412. The molecule has 20 heavy (non-hydrogen) atoms. The second-order valence-electron chi connectivity index (χ2n) is 4.36. The van der Waals surface area contributed by atoms with Gasteiger partial charge in [0.1, 0.15) is 5.75 Å². The fraction of sp³-hybridized carbons (Fsp3) is 0.200. The summed E-state index contributed by atoms with van der Waals surface area (Å²) in [4.78, 5) is 23.0. The standard InChI is InChI=1S/C15H16N2O3/c1-16-13(18)8-9-17-15(20)12-7-6-10-4-2-3-5-11(10)14(12)19/h2-7,19H,8-9H2,1H3,(H,16,18)(H,17,20). The Hall–Kier alpha value is -2.56. The van der Waals surface area contributed by atoms with Crippen molar-refractivity contribution in [3.63, 3.8) is 0 Å². The molecule has 2 amide bonds. The summed E-state index contributed by atoms with van der Waals surface area (Å²) in [5.74, 6) is -0.578. The highest BCUT2D eigenvalue weighted by atomic mass is 16.3. The van der Waals surface area contributed by atoms with E-state index in [1.807, 2.05) is 12.1 Å². The zero-order valence-electron chi connectivity index (χ0n) is 11.1. The van der Waals surface area contributed by atoms with Crippen molar-refractivity contribution < 1.29 is 14.7 Å². The van der Waals surface area contributed by atoms with Crippen LogP contribution in [0.2, 0.25) is 0 Å². The molecule has 0 fully saturated rings. The van der Waals surface area contributed by atoms with E-state index in [9.17, 15) is 14.7 Å². The lowest BCUT2D eigenvalue weighted by molar-refractivity contribution is -0.120. The van der Waals surface area contributed by atoms with Gasteiger partial charge in [0.25, 0.3) is 5.91 Å². The minimum Gasteiger partial charge on any atom is -0.506 e. The smallest absolute Gasteiger partial charge is 0.255 e. The number of amides is 2. The van der Waals surface area contributed by atoms with Crippen LogP contribution in [0.3, 0.4) is 0 Å². The number of rotatable bonds is 4. The third-order valence-electron chi connectivity index (χ3n) is 3.06. The molecule has 0 radical (unpaired) electrons. The third kappa shape index (κ3) is 2.88. The average Bonchev–Trinajstić information content (AvgIpc) is 2.47. The van der Waals surface area contributed by atoms with Gasteiger partial charge in [-0.15, -0.1) is 0 Å². The Morgan fingerprint density at radius 1 is 1.15 bits per heavy atom. The number of fused-ring (bicyclic) bond motifs is 1. The van der Waals surface area contributed by atoms with Gasteiger partial charge in [-0.1, -0.05) is 30.3 Å². The number of hydrogen-bond acceptors (Lipinski definition) is 3. The maximum absolute atomic E-state index is 12.0. The van der Waals surface area contributed by atoms with Gasteiger partial charge in [0, 0.05) is 25.4 Å². The van der Waals surface area contributed by atoms with Crippen LogP contribution in [0.5, 0.6) is 5.75 Å². The second kappa shape index (κ2) is 6.06. The maximum Gasteiger partial charge on any atom is 0.255 e. The van der Waals surface area contributed by atoms with Crippen LogP contribution in [0.15, 0.2) is 36.4 Å². The number of phenols is 1. The van der Waals surface area contributed by atoms with Gasteiger partial charge in [0.05, 0.1) is 5.56 Å². The summed E-state index contributed by atoms with van der Waals surface area (Å²) in [5.41, 5.74) is 0.209. The molecule has 104 valence electrons. The van der Waals surface area contributed by atoms with Crippen molar-refractivity contribution in [2.75, 3.05) is 13.6 Å². The summed E-state index contributed by atoms with van der Waals surface area (Å²) < 4.78 is 0. The molecule has 0 aliphatic carbocycles. The highest BCUT2D eigenvalue weighted by Gasteiger charge is 2.13. The lowest BCUT2D eigenvalue weighted by Crippen LogP contribution is -2.29. The Morgan fingerprint density at radius 3 is 2.65 bits per heavy atom. The van der Waals surface area contributed by atoms with E-state index in [1.165, 1.54) is 0 Å². The molecule has 0 heterocycles. The van der Waals surface area contributed by atoms with Crippen LogP contribution in [-0.4, -0.2) is 30.5 Å². The summed E-state index contributed by atoms with van der Waals surface area (Å²) in [7, 11) is 1.54.